The highest BCUT2D eigenvalue weighted by Gasteiger charge is 2.29. The van der Waals surface area contributed by atoms with E-state index < -0.39 is 17.9 Å². The maximum Gasteiger partial charge on any atom is 0.239 e. The third-order valence-electron chi connectivity index (χ3n) is 3.85. The third-order valence-corrected chi connectivity index (χ3v) is 3.85. The van der Waals surface area contributed by atoms with Crippen molar-refractivity contribution in [1.82, 2.24) is 4.90 Å². The van der Waals surface area contributed by atoms with Gasteiger partial charge in [-0.05, 0) is 18.1 Å². The molecule has 2 rings (SSSR count). The topological polar surface area (TPSA) is 63.4 Å². The highest BCUT2D eigenvalue weighted by atomic mass is 16.2. The Morgan fingerprint density at radius 3 is 1.68 bits per heavy atom. The van der Waals surface area contributed by atoms with E-state index in [9.17, 15) is 9.59 Å². The predicted molar refractivity (Wildman–Crippen MR) is 86.2 cm³/mol. The van der Waals surface area contributed by atoms with Gasteiger partial charge in [-0.2, -0.15) is 0 Å². The van der Waals surface area contributed by atoms with Gasteiger partial charge in [0.1, 0.15) is 6.04 Å². The zero-order valence-electron chi connectivity index (χ0n) is 12.8. The molecule has 2 aromatic rings. The van der Waals surface area contributed by atoms with Crippen molar-refractivity contribution in [2.75, 3.05) is 7.05 Å². The molecule has 0 fully saturated rings. The summed E-state index contributed by atoms with van der Waals surface area (Å²) in [6.45, 7) is 1.63. The van der Waals surface area contributed by atoms with E-state index in [1.54, 1.807) is 14.0 Å². The van der Waals surface area contributed by atoms with Gasteiger partial charge < -0.3 is 10.6 Å². The van der Waals surface area contributed by atoms with Gasteiger partial charge in [0.05, 0.1) is 5.92 Å². The van der Waals surface area contributed by atoms with E-state index in [-0.39, 0.29) is 5.91 Å². The van der Waals surface area contributed by atoms with Crippen LogP contribution in [-0.4, -0.2) is 29.8 Å². The van der Waals surface area contributed by atoms with Crippen LogP contribution in [0.25, 0.3) is 0 Å². The molecule has 0 aliphatic rings. The molecule has 2 aromatic carbocycles. The van der Waals surface area contributed by atoms with Crippen LogP contribution in [0.1, 0.15) is 24.0 Å². The molecule has 0 aromatic heterocycles. The fourth-order valence-corrected chi connectivity index (χ4v) is 2.35. The summed E-state index contributed by atoms with van der Waals surface area (Å²) in [4.78, 5) is 25.7. The standard InChI is InChI=1S/C18H20N2O2/c1-13(17(19)21)20(2)18(22)16(14-9-5-3-6-10-14)15-11-7-4-8-12-15/h3-13,16H,1-2H3,(H2,19,21)/t13-/m1/s1. The Labute approximate surface area is 130 Å². The van der Waals surface area contributed by atoms with Crippen LogP contribution in [-0.2, 0) is 9.59 Å². The SMILES string of the molecule is C[C@H](C(N)=O)N(C)C(=O)C(c1ccccc1)c1ccccc1. The second-order valence-electron chi connectivity index (χ2n) is 5.28. The molecule has 2 amide bonds. The van der Waals surface area contributed by atoms with Crippen LogP contribution in [0.4, 0.5) is 0 Å². The van der Waals surface area contributed by atoms with Crippen molar-refractivity contribution >= 4 is 11.8 Å². The lowest BCUT2D eigenvalue weighted by atomic mass is 9.90. The van der Waals surface area contributed by atoms with Gasteiger partial charge in [-0.3, -0.25) is 9.59 Å². The van der Waals surface area contributed by atoms with Crippen LogP contribution in [0.15, 0.2) is 60.7 Å². The average molecular weight is 296 g/mol. The van der Waals surface area contributed by atoms with Crippen molar-refractivity contribution in [3.63, 3.8) is 0 Å². The Morgan fingerprint density at radius 2 is 1.32 bits per heavy atom. The highest BCUT2D eigenvalue weighted by molar-refractivity contribution is 5.91. The number of likely N-dealkylation sites (N-methyl/N-ethyl adjacent to an activating group) is 1. The molecule has 0 heterocycles. The summed E-state index contributed by atoms with van der Waals surface area (Å²) in [5.41, 5.74) is 7.10. The number of nitrogens with zero attached hydrogens (tertiary/aromatic N) is 1. The summed E-state index contributed by atoms with van der Waals surface area (Å²) in [5, 5.41) is 0. The van der Waals surface area contributed by atoms with Gasteiger partial charge in [0.15, 0.2) is 0 Å². The van der Waals surface area contributed by atoms with E-state index >= 15 is 0 Å². The summed E-state index contributed by atoms with van der Waals surface area (Å²) >= 11 is 0. The van der Waals surface area contributed by atoms with E-state index in [0.717, 1.165) is 11.1 Å². The van der Waals surface area contributed by atoms with Crippen molar-refractivity contribution in [3.8, 4) is 0 Å². The maximum atomic E-state index is 12.9. The normalized spacial score (nSPS) is 12.0. The van der Waals surface area contributed by atoms with Crippen LogP contribution in [0.2, 0.25) is 0 Å². The van der Waals surface area contributed by atoms with Crippen LogP contribution >= 0.6 is 0 Å². The lowest BCUT2D eigenvalue weighted by Gasteiger charge is -2.27. The number of carbonyl (C=O) groups excluding carboxylic acids is 2. The Morgan fingerprint density at radius 1 is 0.909 bits per heavy atom. The molecule has 0 saturated carbocycles. The molecule has 114 valence electrons. The summed E-state index contributed by atoms with van der Waals surface area (Å²) in [6.07, 6.45) is 0. The molecule has 0 unspecified atom stereocenters. The minimum atomic E-state index is -0.651. The molecule has 4 nitrogen and oxygen atoms in total. The number of benzene rings is 2. The van der Waals surface area contributed by atoms with E-state index in [1.165, 1.54) is 4.90 Å². The Balaban J connectivity index is 2.41. The van der Waals surface area contributed by atoms with Crippen molar-refractivity contribution in [2.24, 2.45) is 5.73 Å². The van der Waals surface area contributed by atoms with Crippen LogP contribution in [0.3, 0.4) is 0 Å². The molecular weight excluding hydrogens is 276 g/mol. The number of hydrogen-bond donors (Lipinski definition) is 1. The Kier molecular flexibility index (Phi) is 4.94. The van der Waals surface area contributed by atoms with E-state index in [0.29, 0.717) is 0 Å². The smallest absolute Gasteiger partial charge is 0.239 e. The van der Waals surface area contributed by atoms with Crippen LogP contribution in [0.5, 0.6) is 0 Å². The highest BCUT2D eigenvalue weighted by Crippen LogP contribution is 2.27. The molecule has 0 radical (unpaired) electrons. The lowest BCUT2D eigenvalue weighted by molar-refractivity contribution is -0.137. The number of nitrogens with two attached hydrogens (primary N) is 1. The predicted octanol–water partition coefficient (Wildman–Crippen LogP) is 2.15. The van der Waals surface area contributed by atoms with Gasteiger partial charge in [-0.1, -0.05) is 60.7 Å². The minimum Gasteiger partial charge on any atom is -0.368 e. The molecule has 0 spiro atoms. The van der Waals surface area contributed by atoms with Gasteiger partial charge in [0.2, 0.25) is 11.8 Å². The molecule has 0 saturated heterocycles. The summed E-state index contributed by atoms with van der Waals surface area (Å²) in [7, 11) is 1.61. The zero-order chi connectivity index (χ0) is 16.1. The van der Waals surface area contributed by atoms with E-state index in [1.807, 2.05) is 60.7 Å². The van der Waals surface area contributed by atoms with Crippen molar-refractivity contribution in [1.29, 1.82) is 0 Å². The van der Waals surface area contributed by atoms with Crippen LogP contribution in [0, 0.1) is 0 Å². The fourth-order valence-electron chi connectivity index (χ4n) is 2.35. The quantitative estimate of drug-likeness (QED) is 0.919. The zero-order valence-corrected chi connectivity index (χ0v) is 12.8. The first-order valence-electron chi connectivity index (χ1n) is 7.18. The molecule has 4 heteroatoms. The lowest BCUT2D eigenvalue weighted by Crippen LogP contribution is -2.45. The molecular formula is C18H20N2O2. The average Bonchev–Trinajstić information content (AvgIpc) is 2.55. The van der Waals surface area contributed by atoms with Gasteiger partial charge in [-0.25, -0.2) is 0 Å². The second-order valence-corrected chi connectivity index (χ2v) is 5.28. The van der Waals surface area contributed by atoms with Crippen molar-refractivity contribution in [3.05, 3.63) is 71.8 Å². The van der Waals surface area contributed by atoms with Gasteiger partial charge in [-0.15, -0.1) is 0 Å². The number of amides is 2. The Bertz CT molecular complexity index is 601. The van der Waals surface area contributed by atoms with Crippen molar-refractivity contribution < 1.29 is 9.59 Å². The fraction of sp³-hybridized carbons (Fsp3) is 0.222. The third kappa shape index (κ3) is 3.34. The molecule has 0 bridgehead atoms. The summed E-state index contributed by atoms with van der Waals surface area (Å²) in [5.74, 6) is -1.12. The number of primary amides is 1. The molecule has 2 N–H and O–H groups in total. The number of carbonyl (C=O) groups is 2. The monoisotopic (exact) mass is 296 g/mol. The van der Waals surface area contributed by atoms with Gasteiger partial charge in [0, 0.05) is 7.05 Å². The van der Waals surface area contributed by atoms with Gasteiger partial charge >= 0.3 is 0 Å². The summed E-state index contributed by atoms with van der Waals surface area (Å²) in [6, 6.07) is 18.4. The summed E-state index contributed by atoms with van der Waals surface area (Å²) < 4.78 is 0. The molecule has 22 heavy (non-hydrogen) atoms. The number of rotatable bonds is 5. The second kappa shape index (κ2) is 6.89. The Hall–Kier alpha value is -2.62. The van der Waals surface area contributed by atoms with Crippen molar-refractivity contribution in [2.45, 2.75) is 18.9 Å². The largest absolute Gasteiger partial charge is 0.368 e. The molecule has 0 aliphatic carbocycles. The van der Waals surface area contributed by atoms with E-state index in [2.05, 4.69) is 0 Å². The minimum absolute atomic E-state index is 0.149. The van der Waals surface area contributed by atoms with Crippen LogP contribution < -0.4 is 5.73 Å². The first-order chi connectivity index (χ1) is 10.5. The number of hydrogen-bond acceptors (Lipinski definition) is 2. The first kappa shape index (κ1) is 15.8. The van der Waals surface area contributed by atoms with Gasteiger partial charge in [0.25, 0.3) is 0 Å². The van der Waals surface area contributed by atoms with E-state index in [4.69, 9.17) is 5.73 Å². The molecule has 0 aliphatic heterocycles. The molecule has 1 atom stereocenters. The maximum absolute atomic E-state index is 12.9. The first-order valence-corrected chi connectivity index (χ1v) is 7.18.